The number of pyridine rings is 1. The van der Waals surface area contributed by atoms with E-state index in [0.29, 0.717) is 5.88 Å². The molecule has 0 atom stereocenters. The van der Waals surface area contributed by atoms with Crippen LogP contribution in [0.2, 0.25) is 0 Å². The largest absolute Gasteiger partial charge is 0.312 e. The van der Waals surface area contributed by atoms with Crippen molar-refractivity contribution in [3.05, 3.63) is 23.7 Å². The highest BCUT2D eigenvalue weighted by Crippen LogP contribution is 2.19. The fraction of sp³-hybridized carbons (Fsp3) is 0.538. The molecule has 0 saturated heterocycles. The smallest absolute Gasteiger partial charge is 0.160 e. The van der Waals surface area contributed by atoms with Crippen LogP contribution in [0, 0.1) is 6.92 Å². The molecule has 0 aliphatic rings. The summed E-state index contributed by atoms with van der Waals surface area (Å²) in [4.78, 5) is 11.2. The zero-order chi connectivity index (χ0) is 13.1. The summed E-state index contributed by atoms with van der Waals surface area (Å²) in [6.45, 7) is 4.01. The topological polar surface area (TPSA) is 34.0 Å². The van der Waals surface area contributed by atoms with E-state index in [1.165, 1.54) is 0 Å². The Morgan fingerprint density at radius 2 is 2.17 bits per heavy atom. The van der Waals surface area contributed by atoms with Gasteiger partial charge in [0.15, 0.2) is 5.65 Å². The van der Waals surface area contributed by atoms with E-state index >= 15 is 0 Å². The predicted molar refractivity (Wildman–Crippen MR) is 75.0 cm³/mol. The van der Waals surface area contributed by atoms with Gasteiger partial charge >= 0.3 is 0 Å². The molecule has 0 aliphatic carbocycles. The summed E-state index contributed by atoms with van der Waals surface area (Å²) in [5, 5.41) is 0. The second kappa shape index (κ2) is 5.67. The van der Waals surface area contributed by atoms with Gasteiger partial charge in [-0.25, -0.2) is 9.97 Å². The van der Waals surface area contributed by atoms with Gasteiger partial charge in [0.25, 0.3) is 0 Å². The van der Waals surface area contributed by atoms with E-state index in [1.807, 2.05) is 12.3 Å². The summed E-state index contributed by atoms with van der Waals surface area (Å²) in [5.74, 6) is 1.34. The normalized spacial score (nSPS) is 11.6. The van der Waals surface area contributed by atoms with Crippen molar-refractivity contribution in [1.82, 2.24) is 19.4 Å². The Balaban J connectivity index is 2.32. The van der Waals surface area contributed by atoms with E-state index in [2.05, 4.69) is 40.5 Å². The molecule has 2 aromatic heterocycles. The average Bonchev–Trinajstić information content (AvgIpc) is 2.69. The van der Waals surface area contributed by atoms with Crippen LogP contribution < -0.4 is 0 Å². The van der Waals surface area contributed by atoms with Crippen LogP contribution in [0.5, 0.6) is 0 Å². The second-order valence-corrected chi connectivity index (χ2v) is 5.04. The van der Waals surface area contributed by atoms with Crippen molar-refractivity contribution < 1.29 is 0 Å². The van der Waals surface area contributed by atoms with Gasteiger partial charge in [0.2, 0.25) is 0 Å². The molecule has 0 spiro atoms. The first-order valence-electron chi connectivity index (χ1n) is 6.15. The molecule has 0 aromatic carbocycles. The van der Waals surface area contributed by atoms with E-state index < -0.39 is 0 Å². The molecule has 0 saturated carbocycles. The number of nitrogens with zero attached hydrogens (tertiary/aromatic N) is 4. The zero-order valence-corrected chi connectivity index (χ0v) is 11.9. The van der Waals surface area contributed by atoms with Crippen LogP contribution >= 0.6 is 11.6 Å². The van der Waals surface area contributed by atoms with E-state index in [4.69, 9.17) is 11.6 Å². The summed E-state index contributed by atoms with van der Waals surface area (Å²) >= 11 is 5.98. The van der Waals surface area contributed by atoms with E-state index in [9.17, 15) is 0 Å². The van der Waals surface area contributed by atoms with Crippen LogP contribution in [0.25, 0.3) is 11.2 Å². The first-order valence-corrected chi connectivity index (χ1v) is 6.68. The van der Waals surface area contributed by atoms with Gasteiger partial charge in [0, 0.05) is 12.7 Å². The maximum absolute atomic E-state index is 5.98. The molecule has 0 fully saturated rings. The van der Waals surface area contributed by atoms with Gasteiger partial charge in [-0.2, -0.15) is 0 Å². The molecule has 98 valence electrons. The number of imidazole rings is 1. The standard InChI is InChI=1S/C13H19ClN4/c1-10-5-6-15-13-12(10)16-11(9-14)18(13)8-4-7-17(2)3/h5-6H,4,7-9H2,1-3H3. The highest BCUT2D eigenvalue weighted by Gasteiger charge is 2.12. The molecule has 2 heterocycles. The Bertz CT molecular complexity index is 533. The number of hydrogen-bond acceptors (Lipinski definition) is 3. The molecule has 0 unspecified atom stereocenters. The van der Waals surface area contributed by atoms with Crippen molar-refractivity contribution in [2.45, 2.75) is 25.8 Å². The molecule has 5 heteroatoms. The average molecular weight is 267 g/mol. The minimum absolute atomic E-state index is 0.428. The number of alkyl halides is 1. The lowest BCUT2D eigenvalue weighted by atomic mass is 10.3. The van der Waals surface area contributed by atoms with E-state index in [-0.39, 0.29) is 0 Å². The minimum Gasteiger partial charge on any atom is -0.312 e. The van der Waals surface area contributed by atoms with Crippen molar-refractivity contribution in [3.8, 4) is 0 Å². The van der Waals surface area contributed by atoms with Gasteiger partial charge in [-0.3, -0.25) is 0 Å². The van der Waals surface area contributed by atoms with Gasteiger partial charge in [-0.15, -0.1) is 11.6 Å². The van der Waals surface area contributed by atoms with Gasteiger partial charge < -0.3 is 9.47 Å². The first-order chi connectivity index (χ1) is 8.63. The minimum atomic E-state index is 0.428. The Hall–Kier alpha value is -1.13. The molecule has 0 radical (unpaired) electrons. The van der Waals surface area contributed by atoms with Crippen LogP contribution in [0.1, 0.15) is 17.8 Å². The third-order valence-electron chi connectivity index (χ3n) is 3.02. The third kappa shape index (κ3) is 2.65. The Morgan fingerprint density at radius 3 is 2.83 bits per heavy atom. The zero-order valence-electron chi connectivity index (χ0n) is 11.1. The molecular formula is C13H19ClN4. The quantitative estimate of drug-likeness (QED) is 0.780. The number of aryl methyl sites for hydroxylation is 2. The summed E-state index contributed by atoms with van der Waals surface area (Å²) in [6.07, 6.45) is 2.90. The number of aromatic nitrogens is 3. The molecule has 0 amide bonds. The van der Waals surface area contributed by atoms with Crippen LogP contribution in [0.3, 0.4) is 0 Å². The Labute approximate surface area is 113 Å². The van der Waals surface area contributed by atoms with Gasteiger partial charge in [0.05, 0.1) is 5.88 Å². The van der Waals surface area contributed by atoms with Crippen molar-refractivity contribution in [2.24, 2.45) is 0 Å². The van der Waals surface area contributed by atoms with Crippen LogP contribution in [-0.4, -0.2) is 40.1 Å². The molecule has 4 nitrogen and oxygen atoms in total. The first kappa shape index (κ1) is 13.3. The summed E-state index contributed by atoms with van der Waals surface area (Å²) in [6, 6.07) is 1.98. The Morgan fingerprint density at radius 1 is 1.39 bits per heavy atom. The molecule has 18 heavy (non-hydrogen) atoms. The maximum Gasteiger partial charge on any atom is 0.160 e. The molecular weight excluding hydrogens is 248 g/mol. The lowest BCUT2D eigenvalue weighted by molar-refractivity contribution is 0.386. The second-order valence-electron chi connectivity index (χ2n) is 4.77. The molecule has 0 aliphatic heterocycles. The predicted octanol–water partition coefficient (Wildman–Crippen LogP) is 2.43. The van der Waals surface area contributed by atoms with Crippen molar-refractivity contribution in [3.63, 3.8) is 0 Å². The summed E-state index contributed by atoms with van der Waals surface area (Å²) < 4.78 is 2.14. The highest BCUT2D eigenvalue weighted by molar-refractivity contribution is 6.16. The van der Waals surface area contributed by atoms with Crippen LogP contribution in [-0.2, 0) is 12.4 Å². The lowest BCUT2D eigenvalue weighted by Gasteiger charge is -2.11. The summed E-state index contributed by atoms with van der Waals surface area (Å²) in [5.41, 5.74) is 3.07. The van der Waals surface area contributed by atoms with E-state index in [1.54, 1.807) is 0 Å². The monoisotopic (exact) mass is 266 g/mol. The Kier molecular flexibility index (Phi) is 4.19. The van der Waals surface area contributed by atoms with E-state index in [0.717, 1.165) is 42.1 Å². The molecule has 2 aromatic rings. The molecule has 0 N–H and O–H groups in total. The van der Waals surface area contributed by atoms with Crippen molar-refractivity contribution >= 4 is 22.8 Å². The SMILES string of the molecule is Cc1ccnc2c1nc(CCl)n2CCCN(C)C. The van der Waals surface area contributed by atoms with Gasteiger partial charge in [0.1, 0.15) is 11.3 Å². The summed E-state index contributed by atoms with van der Waals surface area (Å²) in [7, 11) is 4.16. The highest BCUT2D eigenvalue weighted by atomic mass is 35.5. The molecule has 0 bridgehead atoms. The van der Waals surface area contributed by atoms with Gasteiger partial charge in [-0.1, -0.05) is 0 Å². The number of hydrogen-bond donors (Lipinski definition) is 0. The maximum atomic E-state index is 5.98. The van der Waals surface area contributed by atoms with Crippen molar-refractivity contribution in [1.29, 1.82) is 0 Å². The third-order valence-corrected chi connectivity index (χ3v) is 3.26. The lowest BCUT2D eigenvalue weighted by Crippen LogP contribution is -2.15. The number of rotatable bonds is 5. The fourth-order valence-corrected chi connectivity index (χ4v) is 2.27. The van der Waals surface area contributed by atoms with Crippen LogP contribution in [0.4, 0.5) is 0 Å². The fourth-order valence-electron chi connectivity index (χ4n) is 2.07. The van der Waals surface area contributed by atoms with Crippen molar-refractivity contribution in [2.75, 3.05) is 20.6 Å². The molecule has 2 rings (SSSR count). The number of fused-ring (bicyclic) bond motifs is 1. The number of halogens is 1. The van der Waals surface area contributed by atoms with Gasteiger partial charge in [-0.05, 0) is 45.6 Å². The van der Waals surface area contributed by atoms with Crippen LogP contribution in [0.15, 0.2) is 12.3 Å².